The molecule has 1 saturated heterocycles. The third-order valence-corrected chi connectivity index (χ3v) is 5.16. The molecular weight excluding hydrogens is 354 g/mol. The van der Waals surface area contributed by atoms with Gasteiger partial charge in [0.1, 0.15) is 5.82 Å². The number of rotatable bonds is 9. The van der Waals surface area contributed by atoms with Crippen LogP contribution in [-0.2, 0) is 27.3 Å². The lowest BCUT2D eigenvalue weighted by molar-refractivity contribution is -0.136. The third-order valence-electron chi connectivity index (χ3n) is 4.21. The molecule has 0 saturated carbocycles. The molecule has 2 amide bonds. The SMILES string of the molecule is CCC1CN(C(=O)CSc2nnc(CCC(N)=O)n2CC(C)C)CCO1. The zero-order valence-electron chi connectivity index (χ0n) is 15.8. The molecule has 0 bridgehead atoms. The number of amides is 2. The second-order valence-electron chi connectivity index (χ2n) is 6.90. The minimum absolute atomic E-state index is 0.0922. The molecule has 1 aromatic rings. The normalized spacial score (nSPS) is 17.7. The Bertz CT molecular complexity index is 620. The van der Waals surface area contributed by atoms with Crippen molar-refractivity contribution in [1.82, 2.24) is 19.7 Å². The summed E-state index contributed by atoms with van der Waals surface area (Å²) in [4.78, 5) is 25.4. The standard InChI is InChI=1S/C17H29N5O3S/c1-4-13-10-21(7-8-25-13)16(24)11-26-17-20-19-15(6-5-14(18)23)22(17)9-12(2)3/h12-13H,4-11H2,1-3H3,(H2,18,23). The Morgan fingerprint density at radius 3 is 2.81 bits per heavy atom. The van der Waals surface area contributed by atoms with Gasteiger partial charge in [-0.25, -0.2) is 0 Å². The molecule has 26 heavy (non-hydrogen) atoms. The molecule has 0 radical (unpaired) electrons. The van der Waals surface area contributed by atoms with Gasteiger partial charge in [-0.05, 0) is 12.3 Å². The van der Waals surface area contributed by atoms with Gasteiger partial charge in [-0.2, -0.15) is 0 Å². The maximum Gasteiger partial charge on any atom is 0.233 e. The van der Waals surface area contributed by atoms with Crippen LogP contribution in [0.25, 0.3) is 0 Å². The lowest BCUT2D eigenvalue weighted by atomic mass is 10.2. The van der Waals surface area contributed by atoms with E-state index in [4.69, 9.17) is 10.5 Å². The van der Waals surface area contributed by atoms with Gasteiger partial charge >= 0.3 is 0 Å². The summed E-state index contributed by atoms with van der Waals surface area (Å²) in [6.07, 6.45) is 1.74. The van der Waals surface area contributed by atoms with Gasteiger partial charge in [0.25, 0.3) is 0 Å². The molecule has 0 aliphatic carbocycles. The molecule has 2 N–H and O–H groups in total. The van der Waals surface area contributed by atoms with E-state index in [9.17, 15) is 9.59 Å². The van der Waals surface area contributed by atoms with E-state index in [1.54, 1.807) is 0 Å². The second kappa shape index (κ2) is 9.91. The predicted molar refractivity (Wildman–Crippen MR) is 99.7 cm³/mol. The molecule has 0 aromatic carbocycles. The summed E-state index contributed by atoms with van der Waals surface area (Å²) >= 11 is 1.40. The van der Waals surface area contributed by atoms with Gasteiger partial charge in [0.2, 0.25) is 11.8 Å². The van der Waals surface area contributed by atoms with E-state index in [0.29, 0.717) is 42.9 Å². The Morgan fingerprint density at radius 1 is 1.38 bits per heavy atom. The van der Waals surface area contributed by atoms with E-state index >= 15 is 0 Å². The monoisotopic (exact) mass is 383 g/mol. The van der Waals surface area contributed by atoms with Gasteiger partial charge < -0.3 is 19.9 Å². The quantitative estimate of drug-likeness (QED) is 0.640. The first-order valence-electron chi connectivity index (χ1n) is 9.13. The lowest BCUT2D eigenvalue weighted by Crippen LogP contribution is -2.46. The summed E-state index contributed by atoms with van der Waals surface area (Å²) in [7, 11) is 0. The molecule has 146 valence electrons. The van der Waals surface area contributed by atoms with Crippen molar-refractivity contribution in [2.24, 2.45) is 11.7 Å². The first kappa shape index (κ1) is 20.7. The average molecular weight is 384 g/mol. The maximum atomic E-state index is 12.5. The van der Waals surface area contributed by atoms with Crippen molar-refractivity contribution in [1.29, 1.82) is 0 Å². The van der Waals surface area contributed by atoms with Crippen LogP contribution in [0.5, 0.6) is 0 Å². The van der Waals surface area contributed by atoms with Gasteiger partial charge in [-0.1, -0.05) is 32.5 Å². The van der Waals surface area contributed by atoms with Crippen LogP contribution in [0.2, 0.25) is 0 Å². The van der Waals surface area contributed by atoms with Gasteiger partial charge in [0, 0.05) is 32.5 Å². The van der Waals surface area contributed by atoms with Crippen LogP contribution >= 0.6 is 11.8 Å². The van der Waals surface area contributed by atoms with Gasteiger partial charge in [0.05, 0.1) is 18.5 Å². The Labute approximate surface area is 158 Å². The largest absolute Gasteiger partial charge is 0.375 e. The number of carbonyl (C=O) groups excluding carboxylic acids is 2. The van der Waals surface area contributed by atoms with E-state index < -0.39 is 0 Å². The Balaban J connectivity index is 1.99. The van der Waals surface area contributed by atoms with Crippen LogP contribution < -0.4 is 5.73 Å². The highest BCUT2D eigenvalue weighted by atomic mass is 32.2. The zero-order chi connectivity index (χ0) is 19.1. The Hall–Kier alpha value is -1.61. The Morgan fingerprint density at radius 2 is 2.15 bits per heavy atom. The molecule has 2 heterocycles. The maximum absolute atomic E-state index is 12.5. The summed E-state index contributed by atoms with van der Waals surface area (Å²) in [5.41, 5.74) is 5.24. The molecule has 1 aliphatic rings. The number of nitrogens with zero attached hydrogens (tertiary/aromatic N) is 4. The van der Waals surface area contributed by atoms with Crippen molar-refractivity contribution in [3.8, 4) is 0 Å². The number of aryl methyl sites for hydroxylation is 1. The van der Waals surface area contributed by atoms with Crippen LogP contribution in [0, 0.1) is 5.92 Å². The molecule has 9 heteroatoms. The molecule has 0 spiro atoms. The highest BCUT2D eigenvalue weighted by Crippen LogP contribution is 2.21. The fourth-order valence-electron chi connectivity index (χ4n) is 2.80. The van der Waals surface area contributed by atoms with Gasteiger partial charge in [-0.3, -0.25) is 9.59 Å². The molecule has 1 aromatic heterocycles. The fraction of sp³-hybridized carbons (Fsp3) is 0.765. The van der Waals surface area contributed by atoms with Crippen molar-refractivity contribution >= 4 is 23.6 Å². The van der Waals surface area contributed by atoms with Crippen LogP contribution in [0.15, 0.2) is 5.16 Å². The third kappa shape index (κ3) is 5.98. The van der Waals surface area contributed by atoms with E-state index in [1.165, 1.54) is 11.8 Å². The summed E-state index contributed by atoms with van der Waals surface area (Å²) in [5.74, 6) is 1.20. The van der Waals surface area contributed by atoms with Crippen molar-refractivity contribution in [2.45, 2.75) is 57.8 Å². The number of thioether (sulfide) groups is 1. The zero-order valence-corrected chi connectivity index (χ0v) is 16.6. The first-order chi connectivity index (χ1) is 12.4. The number of carbonyl (C=O) groups is 2. The topological polar surface area (TPSA) is 103 Å². The van der Waals surface area contributed by atoms with Gasteiger partial charge in [-0.15, -0.1) is 10.2 Å². The molecule has 1 unspecified atom stereocenters. The van der Waals surface area contributed by atoms with Crippen LogP contribution in [0.4, 0.5) is 0 Å². The summed E-state index contributed by atoms with van der Waals surface area (Å²) in [6.45, 7) is 8.90. The van der Waals surface area contributed by atoms with Crippen molar-refractivity contribution in [3.05, 3.63) is 5.82 Å². The number of morpholine rings is 1. The van der Waals surface area contributed by atoms with Crippen molar-refractivity contribution < 1.29 is 14.3 Å². The average Bonchev–Trinajstić information content (AvgIpc) is 2.99. The molecular formula is C17H29N5O3S. The number of primary amides is 1. The van der Waals surface area contributed by atoms with Gasteiger partial charge in [0.15, 0.2) is 5.16 Å². The number of hydrogen-bond acceptors (Lipinski definition) is 6. The van der Waals surface area contributed by atoms with E-state index in [2.05, 4.69) is 31.0 Å². The van der Waals surface area contributed by atoms with Crippen LogP contribution in [-0.4, -0.2) is 63.0 Å². The van der Waals surface area contributed by atoms with E-state index in [1.807, 2.05) is 9.47 Å². The van der Waals surface area contributed by atoms with Crippen molar-refractivity contribution in [2.75, 3.05) is 25.4 Å². The number of aromatic nitrogens is 3. The van der Waals surface area contributed by atoms with Crippen LogP contribution in [0.3, 0.4) is 0 Å². The predicted octanol–water partition coefficient (Wildman–Crippen LogP) is 1.08. The molecule has 1 fully saturated rings. The highest BCUT2D eigenvalue weighted by molar-refractivity contribution is 7.99. The summed E-state index contributed by atoms with van der Waals surface area (Å²) in [6, 6.07) is 0. The van der Waals surface area contributed by atoms with E-state index in [0.717, 1.165) is 18.8 Å². The highest BCUT2D eigenvalue weighted by Gasteiger charge is 2.24. The lowest BCUT2D eigenvalue weighted by Gasteiger charge is -2.32. The minimum Gasteiger partial charge on any atom is -0.375 e. The molecule has 1 atom stereocenters. The smallest absolute Gasteiger partial charge is 0.233 e. The van der Waals surface area contributed by atoms with E-state index in [-0.39, 0.29) is 24.3 Å². The number of nitrogens with two attached hydrogens (primary N) is 1. The fourth-order valence-corrected chi connectivity index (χ4v) is 3.67. The number of hydrogen-bond donors (Lipinski definition) is 1. The molecule has 2 rings (SSSR count). The number of ether oxygens (including phenoxy) is 1. The Kier molecular flexibility index (Phi) is 7.89. The van der Waals surface area contributed by atoms with Crippen molar-refractivity contribution in [3.63, 3.8) is 0 Å². The first-order valence-corrected chi connectivity index (χ1v) is 10.1. The molecule has 8 nitrogen and oxygen atoms in total. The minimum atomic E-state index is -0.355. The second-order valence-corrected chi connectivity index (χ2v) is 7.84. The van der Waals surface area contributed by atoms with Crippen LogP contribution in [0.1, 0.15) is 39.4 Å². The molecule has 1 aliphatic heterocycles. The summed E-state index contributed by atoms with van der Waals surface area (Å²) in [5, 5.41) is 9.13. The summed E-state index contributed by atoms with van der Waals surface area (Å²) < 4.78 is 7.62.